The molecule has 0 aromatic carbocycles. The molecule has 0 saturated heterocycles. The van der Waals surface area contributed by atoms with E-state index >= 15 is 0 Å². The molecule has 1 amide bonds. The van der Waals surface area contributed by atoms with Crippen molar-refractivity contribution in [2.24, 2.45) is 11.8 Å². The van der Waals surface area contributed by atoms with Gasteiger partial charge in [-0.15, -0.1) is 0 Å². The van der Waals surface area contributed by atoms with Crippen LogP contribution in [0, 0.1) is 11.8 Å². The first-order valence-electron chi connectivity index (χ1n) is 6.45. The van der Waals surface area contributed by atoms with Gasteiger partial charge in [-0.25, -0.2) is 4.79 Å². The second-order valence-electron chi connectivity index (χ2n) is 5.93. The number of carbonyl (C=O) groups is 2. The van der Waals surface area contributed by atoms with Crippen molar-refractivity contribution >= 4 is 12.1 Å². The summed E-state index contributed by atoms with van der Waals surface area (Å²) < 4.78 is 5.17. The van der Waals surface area contributed by atoms with Gasteiger partial charge in [-0.1, -0.05) is 13.3 Å². The summed E-state index contributed by atoms with van der Waals surface area (Å²) in [7, 11) is 0. The van der Waals surface area contributed by atoms with E-state index in [1.54, 1.807) is 20.8 Å². The zero-order chi connectivity index (χ0) is 13.9. The van der Waals surface area contributed by atoms with Gasteiger partial charge in [0.1, 0.15) is 5.60 Å². The molecule has 0 aliphatic heterocycles. The van der Waals surface area contributed by atoms with Gasteiger partial charge in [0.15, 0.2) is 0 Å². The number of rotatable bonds is 3. The lowest BCUT2D eigenvalue weighted by atomic mass is 9.94. The van der Waals surface area contributed by atoms with Crippen molar-refractivity contribution in [3.63, 3.8) is 0 Å². The zero-order valence-electron chi connectivity index (χ0n) is 11.5. The van der Waals surface area contributed by atoms with Crippen LogP contribution in [-0.2, 0) is 9.53 Å². The maximum atomic E-state index is 11.6. The number of hydrogen-bond donors (Lipinski definition) is 2. The molecular weight excluding hydrogens is 234 g/mol. The number of nitrogens with one attached hydrogen (secondary N) is 1. The minimum absolute atomic E-state index is 0.0918. The Morgan fingerprint density at radius 1 is 1.33 bits per heavy atom. The molecule has 104 valence electrons. The van der Waals surface area contributed by atoms with Crippen LogP contribution in [0.25, 0.3) is 0 Å². The van der Waals surface area contributed by atoms with Crippen molar-refractivity contribution < 1.29 is 19.4 Å². The largest absolute Gasteiger partial charge is 0.481 e. The maximum Gasteiger partial charge on any atom is 0.407 e. The Hall–Kier alpha value is -1.26. The maximum absolute atomic E-state index is 11.6. The fourth-order valence-corrected chi connectivity index (χ4v) is 2.47. The lowest BCUT2D eigenvalue weighted by molar-refractivity contribution is -0.143. The first-order valence-corrected chi connectivity index (χ1v) is 6.45. The molecule has 2 N–H and O–H groups in total. The van der Waals surface area contributed by atoms with E-state index in [9.17, 15) is 9.59 Å². The molecule has 3 atom stereocenters. The fraction of sp³-hybridized carbons (Fsp3) is 0.846. The van der Waals surface area contributed by atoms with Gasteiger partial charge in [0.05, 0.1) is 5.92 Å². The van der Waals surface area contributed by atoms with Gasteiger partial charge in [0.2, 0.25) is 0 Å². The molecule has 18 heavy (non-hydrogen) atoms. The van der Waals surface area contributed by atoms with E-state index < -0.39 is 17.7 Å². The molecular formula is C13H23NO4. The molecule has 5 heteroatoms. The molecule has 1 fully saturated rings. The second kappa shape index (κ2) is 5.59. The number of carbonyl (C=O) groups excluding carboxylic acids is 1. The van der Waals surface area contributed by atoms with Gasteiger partial charge < -0.3 is 15.2 Å². The SMILES string of the molecule is CC[C@H]1C[C@@H](NC(=O)OC(C)(C)C)C[C@H]1C(=O)O. The normalized spacial score (nSPS) is 27.9. The van der Waals surface area contributed by atoms with Crippen molar-refractivity contribution in [3.05, 3.63) is 0 Å². The van der Waals surface area contributed by atoms with Crippen LogP contribution < -0.4 is 5.32 Å². The molecule has 0 aromatic heterocycles. The topological polar surface area (TPSA) is 75.6 Å². The number of ether oxygens (including phenoxy) is 1. The van der Waals surface area contributed by atoms with Crippen LogP contribution in [0.4, 0.5) is 4.79 Å². The lowest BCUT2D eigenvalue weighted by Crippen LogP contribution is -2.38. The molecule has 1 saturated carbocycles. The molecule has 0 unspecified atom stereocenters. The number of alkyl carbamates (subject to hydrolysis) is 1. The van der Waals surface area contributed by atoms with E-state index in [1.807, 2.05) is 6.92 Å². The average Bonchev–Trinajstić information content (AvgIpc) is 2.57. The van der Waals surface area contributed by atoms with Crippen LogP contribution in [-0.4, -0.2) is 28.8 Å². The van der Waals surface area contributed by atoms with E-state index in [1.165, 1.54) is 0 Å². The summed E-state index contributed by atoms with van der Waals surface area (Å²) in [6.45, 7) is 7.39. The van der Waals surface area contributed by atoms with Crippen LogP contribution in [0.15, 0.2) is 0 Å². The predicted molar refractivity (Wildman–Crippen MR) is 67.3 cm³/mol. The predicted octanol–water partition coefficient (Wildman–Crippen LogP) is 2.40. The summed E-state index contributed by atoms with van der Waals surface area (Å²) in [6, 6.07) is -0.0918. The van der Waals surface area contributed by atoms with Crippen LogP contribution in [0.5, 0.6) is 0 Å². The summed E-state index contributed by atoms with van der Waals surface area (Å²) in [5.74, 6) is -0.979. The number of hydrogen-bond acceptors (Lipinski definition) is 3. The van der Waals surface area contributed by atoms with E-state index in [2.05, 4.69) is 5.32 Å². The minimum Gasteiger partial charge on any atom is -0.481 e. The Labute approximate surface area is 108 Å². The van der Waals surface area contributed by atoms with E-state index in [4.69, 9.17) is 9.84 Å². The summed E-state index contributed by atoms with van der Waals surface area (Å²) in [5, 5.41) is 11.9. The Morgan fingerprint density at radius 2 is 1.94 bits per heavy atom. The zero-order valence-corrected chi connectivity index (χ0v) is 11.5. The summed E-state index contributed by atoms with van der Waals surface area (Å²) in [4.78, 5) is 22.7. The minimum atomic E-state index is -0.768. The number of carboxylic acid groups (broad SMARTS) is 1. The Kier molecular flexibility index (Phi) is 4.59. The van der Waals surface area contributed by atoms with Crippen molar-refractivity contribution in [1.82, 2.24) is 5.32 Å². The fourth-order valence-electron chi connectivity index (χ4n) is 2.47. The molecule has 0 heterocycles. The van der Waals surface area contributed by atoms with Crippen molar-refractivity contribution in [2.75, 3.05) is 0 Å². The van der Waals surface area contributed by atoms with Gasteiger partial charge in [-0.3, -0.25) is 4.79 Å². The Bertz CT molecular complexity index is 321. The number of amides is 1. The monoisotopic (exact) mass is 257 g/mol. The molecule has 0 radical (unpaired) electrons. The smallest absolute Gasteiger partial charge is 0.407 e. The van der Waals surface area contributed by atoms with Gasteiger partial charge in [0, 0.05) is 6.04 Å². The van der Waals surface area contributed by atoms with Crippen molar-refractivity contribution in [1.29, 1.82) is 0 Å². The second-order valence-corrected chi connectivity index (χ2v) is 5.93. The van der Waals surface area contributed by atoms with Crippen LogP contribution in [0.2, 0.25) is 0 Å². The quantitative estimate of drug-likeness (QED) is 0.814. The third-order valence-electron chi connectivity index (χ3n) is 3.26. The number of carboxylic acids is 1. The van der Waals surface area contributed by atoms with E-state index in [0.717, 1.165) is 6.42 Å². The Balaban J connectivity index is 2.50. The van der Waals surface area contributed by atoms with Crippen molar-refractivity contribution in [3.8, 4) is 0 Å². The highest BCUT2D eigenvalue weighted by Crippen LogP contribution is 2.34. The van der Waals surface area contributed by atoms with Gasteiger partial charge >= 0.3 is 12.1 Å². The molecule has 5 nitrogen and oxygen atoms in total. The number of aliphatic carboxylic acids is 1. The van der Waals surface area contributed by atoms with Gasteiger partial charge in [-0.2, -0.15) is 0 Å². The third kappa shape index (κ3) is 4.20. The van der Waals surface area contributed by atoms with E-state index in [0.29, 0.717) is 12.8 Å². The standard InChI is InChI=1S/C13H23NO4/c1-5-8-6-9(7-10(8)11(15)16)14-12(17)18-13(2,3)4/h8-10H,5-7H2,1-4H3,(H,14,17)(H,15,16)/t8-,9+,10+/m0/s1. The highest BCUT2D eigenvalue weighted by molar-refractivity contribution is 5.72. The van der Waals surface area contributed by atoms with Crippen LogP contribution >= 0.6 is 0 Å². The lowest BCUT2D eigenvalue weighted by Gasteiger charge is -2.21. The third-order valence-corrected chi connectivity index (χ3v) is 3.26. The average molecular weight is 257 g/mol. The van der Waals surface area contributed by atoms with Crippen molar-refractivity contribution in [2.45, 2.75) is 58.6 Å². The molecule has 1 rings (SSSR count). The summed E-state index contributed by atoms with van der Waals surface area (Å²) in [5.41, 5.74) is -0.529. The highest BCUT2D eigenvalue weighted by Gasteiger charge is 2.38. The first-order chi connectivity index (χ1) is 8.23. The van der Waals surface area contributed by atoms with Gasteiger partial charge in [-0.05, 0) is 39.5 Å². The van der Waals surface area contributed by atoms with E-state index in [-0.39, 0.29) is 17.9 Å². The summed E-state index contributed by atoms with van der Waals surface area (Å²) in [6.07, 6.45) is 1.57. The first kappa shape index (κ1) is 14.8. The molecule has 0 aromatic rings. The molecule has 0 bridgehead atoms. The highest BCUT2D eigenvalue weighted by atomic mass is 16.6. The van der Waals surface area contributed by atoms with Crippen LogP contribution in [0.3, 0.4) is 0 Å². The Morgan fingerprint density at radius 3 is 2.33 bits per heavy atom. The van der Waals surface area contributed by atoms with Crippen LogP contribution in [0.1, 0.15) is 47.0 Å². The van der Waals surface area contributed by atoms with Gasteiger partial charge in [0.25, 0.3) is 0 Å². The summed E-state index contributed by atoms with van der Waals surface area (Å²) >= 11 is 0. The molecule has 1 aliphatic carbocycles. The molecule has 0 spiro atoms. The molecule has 1 aliphatic rings.